The normalized spacial score (nSPS) is 22.1. The lowest BCUT2D eigenvalue weighted by molar-refractivity contribution is 0.193. The Balaban J connectivity index is 2.25. The van der Waals surface area contributed by atoms with E-state index in [1.165, 1.54) is 0 Å². The van der Waals surface area contributed by atoms with Crippen LogP contribution in [0.1, 0.15) is 18.2 Å². The number of hydrogen-bond acceptors (Lipinski definition) is 4. The van der Waals surface area contributed by atoms with E-state index < -0.39 is 0 Å². The van der Waals surface area contributed by atoms with Crippen molar-refractivity contribution in [2.75, 3.05) is 18.9 Å². The van der Waals surface area contributed by atoms with Gasteiger partial charge in [-0.15, -0.1) is 0 Å². The van der Waals surface area contributed by atoms with Crippen molar-refractivity contribution in [1.29, 1.82) is 0 Å². The monoisotopic (exact) mass is 243 g/mol. The van der Waals surface area contributed by atoms with Gasteiger partial charge in [-0.05, 0) is 22.4 Å². The molecule has 0 aliphatic carbocycles. The predicted octanol–water partition coefficient (Wildman–Crippen LogP) is 1.33. The molecule has 1 aliphatic heterocycles. The molecule has 1 aliphatic rings. The summed E-state index contributed by atoms with van der Waals surface area (Å²) in [5.74, 6) is 1.60. The van der Waals surface area contributed by atoms with Crippen LogP contribution in [0.2, 0.25) is 0 Å². The Labute approximate surface area is 84.6 Å². The van der Waals surface area contributed by atoms with Gasteiger partial charge in [-0.25, -0.2) is 9.97 Å². The van der Waals surface area contributed by atoms with Crippen LogP contribution in [0.15, 0.2) is 10.7 Å². The summed E-state index contributed by atoms with van der Waals surface area (Å²) in [4.78, 5) is 8.40. The lowest BCUT2D eigenvalue weighted by Gasteiger charge is -2.06. The molecule has 0 amide bonds. The molecule has 1 unspecified atom stereocenters. The van der Waals surface area contributed by atoms with Gasteiger partial charge in [0.15, 0.2) is 0 Å². The Kier molecular flexibility index (Phi) is 2.46. The third-order valence-corrected chi connectivity index (χ3v) is 2.70. The maximum absolute atomic E-state index is 5.65. The van der Waals surface area contributed by atoms with Crippen LogP contribution in [-0.4, -0.2) is 23.2 Å². The summed E-state index contributed by atoms with van der Waals surface area (Å²) < 4.78 is 5.99. The summed E-state index contributed by atoms with van der Waals surface area (Å²) in [5, 5.41) is 0. The van der Waals surface area contributed by atoms with Gasteiger partial charge in [-0.3, -0.25) is 0 Å². The van der Waals surface area contributed by atoms with Gasteiger partial charge in [-0.2, -0.15) is 0 Å². The standard InChI is InChI=1S/C8H10BrN3O/c9-6-3-11-8(12-7(6)10)5-1-2-13-4-5/h3,5H,1-2,4H2,(H2,10,11,12). The summed E-state index contributed by atoms with van der Waals surface area (Å²) in [6, 6.07) is 0. The Morgan fingerprint density at radius 2 is 2.46 bits per heavy atom. The van der Waals surface area contributed by atoms with Gasteiger partial charge in [0.05, 0.1) is 11.1 Å². The van der Waals surface area contributed by atoms with Crippen molar-refractivity contribution in [2.45, 2.75) is 12.3 Å². The first kappa shape index (κ1) is 8.90. The summed E-state index contributed by atoms with van der Waals surface area (Å²) in [6.45, 7) is 1.51. The lowest BCUT2D eigenvalue weighted by Crippen LogP contribution is -2.06. The van der Waals surface area contributed by atoms with Gasteiger partial charge < -0.3 is 10.5 Å². The third-order valence-electron chi connectivity index (χ3n) is 2.08. The fourth-order valence-corrected chi connectivity index (χ4v) is 1.52. The van der Waals surface area contributed by atoms with Crippen molar-refractivity contribution in [2.24, 2.45) is 0 Å². The van der Waals surface area contributed by atoms with Crippen molar-refractivity contribution < 1.29 is 4.74 Å². The van der Waals surface area contributed by atoms with Crippen LogP contribution in [0.3, 0.4) is 0 Å². The van der Waals surface area contributed by atoms with Crippen LogP contribution in [0.4, 0.5) is 5.82 Å². The molecule has 2 N–H and O–H groups in total. The second-order valence-corrected chi connectivity index (χ2v) is 3.88. The Morgan fingerprint density at radius 3 is 3.08 bits per heavy atom. The van der Waals surface area contributed by atoms with Crippen molar-refractivity contribution in [3.63, 3.8) is 0 Å². The van der Waals surface area contributed by atoms with E-state index in [1.54, 1.807) is 6.20 Å². The average Bonchev–Trinajstić information content (AvgIpc) is 2.62. The largest absolute Gasteiger partial charge is 0.383 e. The second-order valence-electron chi connectivity index (χ2n) is 3.02. The number of hydrogen-bond donors (Lipinski definition) is 1. The number of aromatic nitrogens is 2. The maximum atomic E-state index is 5.65. The number of ether oxygens (including phenoxy) is 1. The van der Waals surface area contributed by atoms with Crippen molar-refractivity contribution in [1.82, 2.24) is 9.97 Å². The molecule has 1 fully saturated rings. The van der Waals surface area contributed by atoms with Crippen LogP contribution in [0, 0.1) is 0 Å². The molecule has 2 heterocycles. The Morgan fingerprint density at radius 1 is 1.62 bits per heavy atom. The highest BCUT2D eigenvalue weighted by molar-refractivity contribution is 9.10. The summed E-state index contributed by atoms with van der Waals surface area (Å²) in [7, 11) is 0. The lowest BCUT2D eigenvalue weighted by atomic mass is 10.1. The summed E-state index contributed by atoms with van der Waals surface area (Å²) in [5.41, 5.74) is 5.65. The van der Waals surface area contributed by atoms with E-state index >= 15 is 0 Å². The molecule has 4 nitrogen and oxygen atoms in total. The first-order chi connectivity index (χ1) is 6.27. The number of anilines is 1. The van der Waals surface area contributed by atoms with Gasteiger partial charge in [0.25, 0.3) is 0 Å². The number of nitrogen functional groups attached to an aromatic ring is 1. The van der Waals surface area contributed by atoms with Crippen molar-refractivity contribution in [3.05, 3.63) is 16.5 Å². The van der Waals surface area contributed by atoms with E-state index in [4.69, 9.17) is 10.5 Å². The number of nitrogens with zero attached hydrogens (tertiary/aromatic N) is 2. The van der Waals surface area contributed by atoms with Gasteiger partial charge in [0.1, 0.15) is 11.6 Å². The smallest absolute Gasteiger partial charge is 0.141 e. The fraction of sp³-hybridized carbons (Fsp3) is 0.500. The van der Waals surface area contributed by atoms with E-state index in [1.807, 2.05) is 0 Å². The molecule has 0 spiro atoms. The van der Waals surface area contributed by atoms with Gasteiger partial charge in [0.2, 0.25) is 0 Å². The molecule has 13 heavy (non-hydrogen) atoms. The molecule has 5 heteroatoms. The molecule has 1 aromatic rings. The van der Waals surface area contributed by atoms with E-state index in [2.05, 4.69) is 25.9 Å². The minimum Gasteiger partial charge on any atom is -0.383 e. The van der Waals surface area contributed by atoms with Crippen LogP contribution in [0.5, 0.6) is 0 Å². The first-order valence-electron chi connectivity index (χ1n) is 4.13. The number of rotatable bonds is 1. The fourth-order valence-electron chi connectivity index (χ4n) is 1.33. The molecular formula is C8H10BrN3O. The summed E-state index contributed by atoms with van der Waals surface area (Å²) in [6.07, 6.45) is 2.68. The quantitative estimate of drug-likeness (QED) is 0.809. The van der Waals surface area contributed by atoms with E-state index in [0.717, 1.165) is 23.3 Å². The average molecular weight is 244 g/mol. The molecule has 1 aromatic heterocycles. The third kappa shape index (κ3) is 1.81. The molecule has 2 rings (SSSR count). The highest BCUT2D eigenvalue weighted by atomic mass is 79.9. The van der Waals surface area contributed by atoms with Crippen molar-refractivity contribution >= 4 is 21.7 Å². The number of nitrogens with two attached hydrogens (primary N) is 1. The van der Waals surface area contributed by atoms with Gasteiger partial charge in [-0.1, -0.05) is 0 Å². The minimum absolute atomic E-state index is 0.315. The Bertz CT molecular complexity index is 312. The zero-order valence-electron chi connectivity index (χ0n) is 7.03. The number of halogens is 1. The van der Waals surface area contributed by atoms with E-state index in [9.17, 15) is 0 Å². The van der Waals surface area contributed by atoms with Crippen LogP contribution in [-0.2, 0) is 4.74 Å². The molecule has 0 bridgehead atoms. The SMILES string of the molecule is Nc1nc(C2CCOC2)ncc1Br. The minimum atomic E-state index is 0.315. The second kappa shape index (κ2) is 3.59. The maximum Gasteiger partial charge on any atom is 0.141 e. The molecule has 0 saturated carbocycles. The summed E-state index contributed by atoms with van der Waals surface area (Å²) >= 11 is 3.26. The molecule has 0 aromatic carbocycles. The molecular weight excluding hydrogens is 234 g/mol. The highest BCUT2D eigenvalue weighted by Gasteiger charge is 2.20. The zero-order chi connectivity index (χ0) is 9.26. The predicted molar refractivity (Wildman–Crippen MR) is 52.3 cm³/mol. The zero-order valence-corrected chi connectivity index (χ0v) is 8.62. The van der Waals surface area contributed by atoms with Gasteiger partial charge in [0, 0.05) is 18.7 Å². The van der Waals surface area contributed by atoms with Gasteiger partial charge >= 0.3 is 0 Å². The van der Waals surface area contributed by atoms with E-state index in [0.29, 0.717) is 18.3 Å². The first-order valence-corrected chi connectivity index (χ1v) is 4.92. The molecule has 70 valence electrons. The highest BCUT2D eigenvalue weighted by Crippen LogP contribution is 2.24. The molecule has 1 saturated heterocycles. The topological polar surface area (TPSA) is 61.0 Å². The molecule has 1 atom stereocenters. The van der Waals surface area contributed by atoms with Crippen LogP contribution in [0.25, 0.3) is 0 Å². The van der Waals surface area contributed by atoms with E-state index in [-0.39, 0.29) is 0 Å². The Hall–Kier alpha value is -0.680. The van der Waals surface area contributed by atoms with Crippen molar-refractivity contribution in [3.8, 4) is 0 Å². The van der Waals surface area contributed by atoms with Crippen LogP contribution >= 0.6 is 15.9 Å². The molecule has 0 radical (unpaired) electrons. The van der Waals surface area contributed by atoms with Crippen LogP contribution < -0.4 is 5.73 Å².